The fraction of sp³-hybridized carbons (Fsp3) is 0.565. The van der Waals surface area contributed by atoms with Crippen LogP contribution in [0.25, 0.3) is 32.8 Å². The van der Waals surface area contributed by atoms with E-state index in [0.717, 1.165) is 55.2 Å². The molecule has 3 aliphatic carbocycles. The van der Waals surface area contributed by atoms with Gasteiger partial charge < -0.3 is 29.8 Å². The molecule has 3 aromatic heterocycles. The molecule has 4 aromatic rings. The number of para-hydroxylation sites is 1. The van der Waals surface area contributed by atoms with Crippen LogP contribution >= 0.6 is 11.3 Å². The normalized spacial score (nSPS) is 22.7. The lowest BCUT2D eigenvalue weighted by Crippen LogP contribution is -2.53. The Morgan fingerprint density at radius 2 is 1.79 bits per heavy atom. The van der Waals surface area contributed by atoms with Gasteiger partial charge in [0.2, 0.25) is 33.3 Å². The van der Waals surface area contributed by atoms with Gasteiger partial charge in [0.05, 0.1) is 16.2 Å². The Morgan fingerprint density at radius 3 is 2.51 bits per heavy atom. The first-order chi connectivity index (χ1) is 30.0. The molecule has 15 nitrogen and oxygen atoms in total. The minimum Gasteiger partial charge on any atom is -0.470 e. The third kappa shape index (κ3) is 10.0. The van der Waals surface area contributed by atoms with E-state index in [-0.39, 0.29) is 42.2 Å². The highest BCUT2D eigenvalue weighted by molar-refractivity contribution is 7.91. The summed E-state index contributed by atoms with van der Waals surface area (Å²) >= 11 is 1.60. The lowest BCUT2D eigenvalue weighted by atomic mass is 9.95. The molecule has 17 heteroatoms. The summed E-state index contributed by atoms with van der Waals surface area (Å²) in [5.41, 5.74) is 7.43. The Bertz CT molecular complexity index is 2520. The van der Waals surface area contributed by atoms with Crippen LogP contribution in [0.4, 0.5) is 4.79 Å². The molecule has 0 radical (unpaired) electrons. The fourth-order valence-electron chi connectivity index (χ4n) is 8.53. The molecule has 63 heavy (non-hydrogen) atoms. The van der Waals surface area contributed by atoms with E-state index in [1.807, 2.05) is 42.5 Å². The van der Waals surface area contributed by atoms with Crippen LogP contribution in [0.2, 0.25) is 0 Å². The predicted octanol–water partition coefficient (Wildman–Crippen LogP) is 7.41. The number of hydrogen-bond acceptors (Lipinski definition) is 12. The number of allylic oxidation sites excluding steroid dienone is 2. The standard InChI is InChI=1S/C46H58N6O9S2/c1-45(2,3)36-21-20-35(62-36)40-49-37-30-17-12-13-19-34(30)61-38(37)42(50-40)59-29-25-33(39(47)53)52(26-29)43(55)32(48-44(56)60-28-15-10-11-16-28)18-9-7-5-6-8-14-27-24-31(27)41(54)51-63(57,58)46(4)22-23-46/h8,12-14,17,19-21,27-29,31-33H,5-7,9-11,15-16,18,22-26H2,1-4H3,(H2,47,53)(H,48,56)(H,51,54)/b14-8-/t27-,29-,31+,32+,33+/m1/s1. The number of nitrogens with one attached hydrogen (secondary N) is 2. The molecule has 8 rings (SSSR count). The van der Waals surface area contributed by atoms with Gasteiger partial charge in [0.25, 0.3) is 5.88 Å². The van der Waals surface area contributed by atoms with Gasteiger partial charge in [0.1, 0.15) is 35.4 Å². The minimum absolute atomic E-state index is 0.0135. The van der Waals surface area contributed by atoms with Crippen molar-refractivity contribution >= 4 is 67.2 Å². The van der Waals surface area contributed by atoms with Gasteiger partial charge in [0, 0.05) is 22.6 Å². The van der Waals surface area contributed by atoms with Crippen LogP contribution in [0.15, 0.2) is 53.0 Å². The lowest BCUT2D eigenvalue weighted by Gasteiger charge is -2.28. The van der Waals surface area contributed by atoms with E-state index in [0.29, 0.717) is 54.6 Å². The summed E-state index contributed by atoms with van der Waals surface area (Å²) in [7, 11) is -3.65. The quantitative estimate of drug-likeness (QED) is 0.0701. The third-order valence-corrected chi connectivity index (χ3v) is 16.5. The SMILES string of the molecule is CC(C)(C)c1ccc(-c2nc(O[C@@H]3C[C@@H](C(N)=O)N(C(=O)[C@H](CCCCC/C=C\[C@@H]4C[C@@H]4C(=O)NS(=O)(=O)C4(C)CC4)NC(=O)OC4CCCC4)C3)c3oc4ccccc4c3n2)s1. The maximum absolute atomic E-state index is 14.4. The number of unbranched alkanes of at least 4 members (excludes halogenated alkanes) is 3. The number of carbonyl (C=O) groups excluding carboxylic acids is 4. The molecule has 0 spiro atoms. The number of carbonyl (C=O) groups is 4. The van der Waals surface area contributed by atoms with Crippen molar-refractivity contribution in [1.29, 1.82) is 0 Å². The van der Waals surface area contributed by atoms with Gasteiger partial charge in [-0.1, -0.05) is 57.9 Å². The zero-order valence-electron chi connectivity index (χ0n) is 36.4. The van der Waals surface area contributed by atoms with Gasteiger partial charge in [-0.05, 0) is 107 Å². The molecule has 3 saturated carbocycles. The number of sulfonamides is 1. The number of aromatic nitrogens is 2. The predicted molar refractivity (Wildman–Crippen MR) is 239 cm³/mol. The fourth-order valence-corrected chi connectivity index (χ4v) is 10.8. The van der Waals surface area contributed by atoms with E-state index in [2.05, 4.69) is 36.9 Å². The van der Waals surface area contributed by atoms with Crippen molar-refractivity contribution in [2.45, 2.75) is 146 Å². The molecular weight excluding hydrogens is 845 g/mol. The maximum atomic E-state index is 14.4. The van der Waals surface area contributed by atoms with Crippen LogP contribution in [0.5, 0.6) is 5.88 Å². The van der Waals surface area contributed by atoms with Crippen molar-refractivity contribution in [3.63, 3.8) is 0 Å². The number of ether oxygens (including phenoxy) is 2. The zero-order valence-corrected chi connectivity index (χ0v) is 38.0. The van der Waals surface area contributed by atoms with Crippen molar-refractivity contribution < 1.29 is 41.5 Å². The Kier molecular flexibility index (Phi) is 12.6. The molecule has 4 fully saturated rings. The van der Waals surface area contributed by atoms with E-state index in [9.17, 15) is 27.6 Å². The molecule has 5 atom stereocenters. The van der Waals surface area contributed by atoms with Crippen LogP contribution in [0.3, 0.4) is 0 Å². The summed E-state index contributed by atoms with van der Waals surface area (Å²) in [5.74, 6) is -1.23. The van der Waals surface area contributed by atoms with Crippen LogP contribution in [0.1, 0.15) is 116 Å². The molecular formula is C46H58N6O9S2. The number of furan rings is 1. The summed E-state index contributed by atoms with van der Waals surface area (Å²) in [6, 6.07) is 9.67. The number of amides is 4. The summed E-state index contributed by atoms with van der Waals surface area (Å²) in [6.45, 7) is 8.12. The van der Waals surface area contributed by atoms with Crippen LogP contribution < -0.4 is 20.5 Å². The zero-order chi connectivity index (χ0) is 44.7. The number of nitrogens with zero attached hydrogens (tertiary/aromatic N) is 3. The third-order valence-electron chi connectivity index (χ3n) is 12.8. The van der Waals surface area contributed by atoms with Crippen molar-refractivity contribution in [1.82, 2.24) is 24.9 Å². The molecule has 338 valence electrons. The molecule has 4 aliphatic rings. The van der Waals surface area contributed by atoms with Gasteiger partial charge in [-0.2, -0.15) is 4.98 Å². The molecule has 0 unspecified atom stereocenters. The van der Waals surface area contributed by atoms with Crippen LogP contribution in [-0.4, -0.2) is 82.7 Å². The number of likely N-dealkylation sites (tertiary alicyclic amines) is 1. The molecule has 0 bridgehead atoms. The largest absolute Gasteiger partial charge is 0.470 e. The first-order valence-corrected chi connectivity index (χ1v) is 24.6. The summed E-state index contributed by atoms with van der Waals surface area (Å²) in [5, 5.41) is 3.62. The maximum Gasteiger partial charge on any atom is 0.408 e. The van der Waals surface area contributed by atoms with E-state index < -0.39 is 56.8 Å². The number of rotatable bonds is 17. The van der Waals surface area contributed by atoms with Gasteiger partial charge >= 0.3 is 6.09 Å². The minimum atomic E-state index is -3.65. The number of alkyl carbamates (subject to hydrolysis) is 1. The first kappa shape index (κ1) is 44.6. The van der Waals surface area contributed by atoms with E-state index in [4.69, 9.17) is 29.6 Å². The van der Waals surface area contributed by atoms with E-state index in [1.54, 1.807) is 18.3 Å². The second-order valence-electron chi connectivity index (χ2n) is 18.9. The molecule has 1 aliphatic heterocycles. The highest BCUT2D eigenvalue weighted by Crippen LogP contribution is 2.44. The van der Waals surface area contributed by atoms with E-state index in [1.165, 1.54) is 9.78 Å². The van der Waals surface area contributed by atoms with Crippen molar-refractivity contribution in [2.75, 3.05) is 6.54 Å². The highest BCUT2D eigenvalue weighted by atomic mass is 32.2. The Hall–Kier alpha value is -5.03. The van der Waals surface area contributed by atoms with E-state index >= 15 is 0 Å². The molecule has 1 saturated heterocycles. The van der Waals surface area contributed by atoms with Gasteiger partial charge in [0.15, 0.2) is 5.82 Å². The second kappa shape index (κ2) is 17.9. The number of thiophene rings is 1. The lowest BCUT2D eigenvalue weighted by molar-refractivity contribution is -0.139. The van der Waals surface area contributed by atoms with Gasteiger partial charge in [-0.25, -0.2) is 18.2 Å². The van der Waals surface area contributed by atoms with Crippen molar-refractivity contribution in [3.8, 4) is 16.6 Å². The average molecular weight is 903 g/mol. The topological polar surface area (TPSA) is 213 Å². The molecule has 4 heterocycles. The number of primary amides is 1. The van der Waals surface area contributed by atoms with Crippen molar-refractivity contribution in [2.24, 2.45) is 17.6 Å². The second-order valence-corrected chi connectivity index (χ2v) is 22.2. The Morgan fingerprint density at radius 1 is 1.03 bits per heavy atom. The Balaban J connectivity index is 0.926. The number of nitrogens with two attached hydrogens (primary N) is 1. The summed E-state index contributed by atoms with van der Waals surface area (Å²) in [4.78, 5) is 66.4. The summed E-state index contributed by atoms with van der Waals surface area (Å²) < 4.78 is 44.9. The van der Waals surface area contributed by atoms with Gasteiger partial charge in [-0.15, -0.1) is 11.3 Å². The molecule has 4 N–H and O–H groups in total. The summed E-state index contributed by atoms with van der Waals surface area (Å²) in [6.07, 6.45) is 11.0. The Labute approximate surface area is 372 Å². The molecule has 4 amide bonds. The number of hydrogen-bond donors (Lipinski definition) is 3. The smallest absolute Gasteiger partial charge is 0.408 e. The number of benzene rings is 1. The van der Waals surface area contributed by atoms with Gasteiger partial charge in [-0.3, -0.25) is 19.1 Å². The molecule has 1 aromatic carbocycles. The average Bonchev–Trinajstić information content (AvgIpc) is 3.79. The van der Waals surface area contributed by atoms with Crippen molar-refractivity contribution in [3.05, 3.63) is 53.4 Å². The number of fused-ring (bicyclic) bond motifs is 3. The highest BCUT2D eigenvalue weighted by Gasteiger charge is 2.52. The first-order valence-electron chi connectivity index (χ1n) is 22.3. The van der Waals surface area contributed by atoms with Crippen LogP contribution in [0, 0.1) is 11.8 Å². The monoisotopic (exact) mass is 902 g/mol. The van der Waals surface area contributed by atoms with Crippen LogP contribution in [-0.2, 0) is 34.6 Å².